The summed E-state index contributed by atoms with van der Waals surface area (Å²) >= 11 is 1.12. The minimum Gasteiger partial charge on any atom is -0.339 e. The molecule has 3 rings (SSSR count). The Morgan fingerprint density at radius 2 is 2.08 bits per heavy atom. The van der Waals surface area contributed by atoms with Gasteiger partial charge in [-0.3, -0.25) is 14.5 Å². The van der Waals surface area contributed by atoms with E-state index in [0.717, 1.165) is 43.2 Å². The molecule has 1 fully saturated rings. The molecule has 2 aliphatic rings. The summed E-state index contributed by atoms with van der Waals surface area (Å²) in [7, 11) is 1.77. The van der Waals surface area contributed by atoms with Gasteiger partial charge in [0.1, 0.15) is 11.4 Å². The van der Waals surface area contributed by atoms with Crippen LogP contribution in [-0.4, -0.2) is 67.9 Å². The van der Waals surface area contributed by atoms with E-state index >= 15 is 0 Å². The van der Waals surface area contributed by atoms with Crippen LogP contribution in [0.5, 0.6) is 0 Å². The Balaban J connectivity index is 1.50. The Bertz CT molecular complexity index is 710. The van der Waals surface area contributed by atoms with E-state index in [4.69, 9.17) is 0 Å². The number of carbonyl (C=O) groups excluding carboxylic acids is 2. The summed E-state index contributed by atoms with van der Waals surface area (Å²) in [4.78, 5) is 28.0. The normalized spacial score (nSPS) is 16.0. The molecule has 0 radical (unpaired) electrons. The van der Waals surface area contributed by atoms with Crippen LogP contribution in [0.25, 0.3) is 0 Å². The molecule has 8 nitrogen and oxygen atoms in total. The Hall–Kier alpha value is -2.10. The second-order valence-electron chi connectivity index (χ2n) is 5.79. The molecular formula is C15H20N6O2S. The van der Waals surface area contributed by atoms with E-state index in [1.54, 1.807) is 18.0 Å². The Morgan fingerprint density at radius 3 is 2.88 bits per heavy atom. The zero-order valence-electron chi connectivity index (χ0n) is 13.5. The third kappa shape index (κ3) is 4.05. The number of hydrogen-bond acceptors (Lipinski definition) is 6. The highest BCUT2D eigenvalue weighted by Crippen LogP contribution is 2.38. The number of fused-ring (bicyclic) bond motifs is 1. The van der Waals surface area contributed by atoms with Crippen molar-refractivity contribution in [2.75, 3.05) is 51.6 Å². The van der Waals surface area contributed by atoms with Crippen LogP contribution in [0.15, 0.2) is 26.9 Å². The van der Waals surface area contributed by atoms with E-state index in [-0.39, 0.29) is 24.9 Å². The molecule has 0 aliphatic carbocycles. The van der Waals surface area contributed by atoms with Crippen LogP contribution in [0.1, 0.15) is 0 Å². The molecule has 1 aromatic carbocycles. The number of likely N-dealkylation sites (N-methyl/N-ethyl adjacent to an activating group) is 1. The summed E-state index contributed by atoms with van der Waals surface area (Å²) in [6.07, 6.45) is 0. The highest BCUT2D eigenvalue weighted by Gasteiger charge is 2.19. The van der Waals surface area contributed by atoms with Gasteiger partial charge in [-0.1, -0.05) is 6.07 Å². The van der Waals surface area contributed by atoms with Crippen molar-refractivity contribution in [1.29, 1.82) is 0 Å². The van der Waals surface area contributed by atoms with Crippen molar-refractivity contribution in [1.82, 2.24) is 15.1 Å². The predicted octanol–water partition coefficient (Wildman–Crippen LogP) is 0.715. The predicted molar refractivity (Wildman–Crippen MR) is 93.6 cm³/mol. The lowest BCUT2D eigenvalue weighted by molar-refractivity contribution is -0.133. The van der Waals surface area contributed by atoms with Crippen LogP contribution in [0.2, 0.25) is 0 Å². The summed E-state index contributed by atoms with van der Waals surface area (Å²) in [6.45, 7) is 3.46. The fourth-order valence-electron chi connectivity index (χ4n) is 2.64. The molecule has 128 valence electrons. The van der Waals surface area contributed by atoms with Crippen LogP contribution in [0.4, 0.5) is 17.1 Å². The number of benzene rings is 1. The van der Waals surface area contributed by atoms with Crippen molar-refractivity contribution in [2.45, 2.75) is 0 Å². The van der Waals surface area contributed by atoms with Crippen molar-refractivity contribution in [3.05, 3.63) is 18.2 Å². The van der Waals surface area contributed by atoms with Crippen LogP contribution in [0, 0.1) is 0 Å². The first-order valence-corrected chi connectivity index (χ1v) is 8.54. The molecule has 2 N–H and O–H groups in total. The van der Waals surface area contributed by atoms with E-state index in [0.29, 0.717) is 11.4 Å². The maximum absolute atomic E-state index is 12.2. The summed E-state index contributed by atoms with van der Waals surface area (Å²) in [6, 6.07) is 5.48. The minimum atomic E-state index is -0.175. The topological polar surface area (TPSA) is 89.4 Å². The quantitative estimate of drug-likeness (QED) is 0.833. The fraction of sp³-hybridized carbons (Fsp3) is 0.467. The first-order chi connectivity index (χ1) is 11.6. The van der Waals surface area contributed by atoms with Crippen molar-refractivity contribution < 1.29 is 9.59 Å². The third-order valence-electron chi connectivity index (χ3n) is 3.85. The SMILES string of the molecule is CN(CC(=O)Nc1cccc2c1N=S=N2)CC(=O)N1CCNCC1. The van der Waals surface area contributed by atoms with E-state index in [9.17, 15) is 9.59 Å². The van der Waals surface area contributed by atoms with Crippen molar-refractivity contribution in [2.24, 2.45) is 8.73 Å². The largest absolute Gasteiger partial charge is 0.339 e. The smallest absolute Gasteiger partial charge is 0.238 e. The molecule has 0 aromatic heterocycles. The number of nitrogens with zero attached hydrogens (tertiary/aromatic N) is 4. The molecule has 2 amide bonds. The van der Waals surface area contributed by atoms with Crippen LogP contribution in [0.3, 0.4) is 0 Å². The van der Waals surface area contributed by atoms with Gasteiger partial charge in [0.25, 0.3) is 0 Å². The second-order valence-corrected chi connectivity index (χ2v) is 6.32. The zero-order valence-corrected chi connectivity index (χ0v) is 14.3. The number of carbonyl (C=O) groups is 2. The van der Waals surface area contributed by atoms with Gasteiger partial charge in [0.15, 0.2) is 0 Å². The van der Waals surface area contributed by atoms with Gasteiger partial charge in [0.2, 0.25) is 11.8 Å². The number of hydrogen-bond donors (Lipinski definition) is 2. The highest BCUT2D eigenvalue weighted by molar-refractivity contribution is 7.58. The van der Waals surface area contributed by atoms with Crippen LogP contribution in [-0.2, 0) is 20.9 Å². The van der Waals surface area contributed by atoms with E-state index < -0.39 is 0 Å². The standard InChI is InChI=1S/C15H20N6O2S/c1-20(10-14(23)21-7-5-16-6-8-21)9-13(22)17-11-3-2-4-12-15(11)19-24-18-12/h2-4,16H,5-10H2,1H3,(H,17,22). The first kappa shape index (κ1) is 16.7. The summed E-state index contributed by atoms with van der Waals surface area (Å²) in [5.74, 6) is -0.122. The Kier molecular flexibility index (Phi) is 5.34. The Morgan fingerprint density at radius 1 is 1.29 bits per heavy atom. The number of anilines is 1. The summed E-state index contributed by atoms with van der Waals surface area (Å²) < 4.78 is 8.35. The molecule has 0 unspecified atom stereocenters. The van der Waals surface area contributed by atoms with Crippen LogP contribution < -0.4 is 10.6 Å². The maximum atomic E-state index is 12.2. The monoisotopic (exact) mass is 348 g/mol. The first-order valence-electron chi connectivity index (χ1n) is 7.81. The molecule has 9 heteroatoms. The lowest BCUT2D eigenvalue weighted by atomic mass is 10.2. The van der Waals surface area contributed by atoms with Gasteiger partial charge in [0, 0.05) is 26.2 Å². The number of nitrogens with one attached hydrogen (secondary N) is 2. The fourth-order valence-corrected chi connectivity index (χ4v) is 3.19. The average Bonchev–Trinajstić information content (AvgIpc) is 3.05. The summed E-state index contributed by atoms with van der Waals surface area (Å²) in [5.41, 5.74) is 2.10. The van der Waals surface area contributed by atoms with E-state index in [1.807, 2.05) is 17.0 Å². The van der Waals surface area contributed by atoms with Gasteiger partial charge in [-0.25, -0.2) is 0 Å². The molecule has 0 spiro atoms. The van der Waals surface area contributed by atoms with Gasteiger partial charge in [0.05, 0.1) is 30.1 Å². The molecule has 2 heterocycles. The lowest BCUT2D eigenvalue weighted by Crippen LogP contribution is -2.49. The second kappa shape index (κ2) is 7.65. The van der Waals surface area contributed by atoms with Crippen LogP contribution >= 0.6 is 0 Å². The van der Waals surface area contributed by atoms with Crippen molar-refractivity contribution >= 4 is 40.2 Å². The molecule has 2 aliphatic heterocycles. The van der Waals surface area contributed by atoms with Gasteiger partial charge < -0.3 is 15.5 Å². The van der Waals surface area contributed by atoms with Crippen molar-refractivity contribution in [3.63, 3.8) is 0 Å². The minimum absolute atomic E-state index is 0.0533. The Labute approximate surface area is 144 Å². The van der Waals surface area contributed by atoms with Gasteiger partial charge >= 0.3 is 0 Å². The average molecular weight is 348 g/mol. The maximum Gasteiger partial charge on any atom is 0.238 e. The molecule has 0 saturated carbocycles. The zero-order chi connectivity index (χ0) is 16.9. The molecule has 24 heavy (non-hydrogen) atoms. The molecule has 1 saturated heterocycles. The van der Waals surface area contributed by atoms with E-state index in [1.165, 1.54) is 0 Å². The van der Waals surface area contributed by atoms with Gasteiger partial charge in [-0.05, 0) is 19.2 Å². The number of piperazine rings is 1. The molecule has 1 aromatic rings. The van der Waals surface area contributed by atoms with Gasteiger partial charge in [-0.2, -0.15) is 8.73 Å². The highest BCUT2D eigenvalue weighted by atomic mass is 32.1. The number of amides is 2. The number of rotatable bonds is 5. The third-order valence-corrected chi connectivity index (χ3v) is 4.39. The van der Waals surface area contributed by atoms with Gasteiger partial charge in [-0.15, -0.1) is 0 Å². The van der Waals surface area contributed by atoms with E-state index in [2.05, 4.69) is 19.4 Å². The van der Waals surface area contributed by atoms with Crippen molar-refractivity contribution in [3.8, 4) is 0 Å². The summed E-state index contributed by atoms with van der Waals surface area (Å²) in [5, 5.41) is 6.06. The lowest BCUT2D eigenvalue weighted by Gasteiger charge is -2.29. The molecular weight excluding hydrogens is 328 g/mol. The molecule has 0 bridgehead atoms. The molecule has 0 atom stereocenters.